The normalized spacial score (nSPS) is 10.7. The van der Waals surface area contributed by atoms with Crippen LogP contribution >= 0.6 is 0 Å². The summed E-state index contributed by atoms with van der Waals surface area (Å²) in [6.07, 6.45) is 0. The third-order valence-corrected chi connectivity index (χ3v) is 3.49. The molecule has 118 valence electrons. The van der Waals surface area contributed by atoms with Gasteiger partial charge >= 0.3 is 0 Å². The molecule has 2 aromatic heterocycles. The van der Waals surface area contributed by atoms with E-state index in [4.69, 9.17) is 4.52 Å². The van der Waals surface area contributed by atoms with Gasteiger partial charge in [0.05, 0.1) is 12.2 Å². The molecule has 3 rings (SSSR count). The van der Waals surface area contributed by atoms with Crippen LogP contribution in [0.2, 0.25) is 0 Å². The first kappa shape index (κ1) is 15.0. The van der Waals surface area contributed by atoms with Gasteiger partial charge < -0.3 is 9.84 Å². The summed E-state index contributed by atoms with van der Waals surface area (Å²) in [6, 6.07) is 11.2. The molecular formula is C17H18N4O2. The van der Waals surface area contributed by atoms with Gasteiger partial charge in [0.1, 0.15) is 5.76 Å². The second-order valence-electron chi connectivity index (χ2n) is 5.56. The van der Waals surface area contributed by atoms with Gasteiger partial charge in [-0.3, -0.25) is 9.48 Å². The first-order chi connectivity index (χ1) is 11.0. The van der Waals surface area contributed by atoms with Crippen LogP contribution in [0.5, 0.6) is 0 Å². The van der Waals surface area contributed by atoms with E-state index < -0.39 is 0 Å². The highest BCUT2D eigenvalue weighted by molar-refractivity contribution is 6.03. The molecule has 0 saturated heterocycles. The highest BCUT2D eigenvalue weighted by atomic mass is 16.5. The number of nitrogens with one attached hydrogen (secondary N) is 1. The Morgan fingerprint density at radius 1 is 1.22 bits per heavy atom. The number of carbonyl (C=O) groups excluding carboxylic acids is 1. The van der Waals surface area contributed by atoms with E-state index in [0.29, 0.717) is 23.7 Å². The van der Waals surface area contributed by atoms with Crippen molar-refractivity contribution in [2.45, 2.75) is 27.3 Å². The number of nitrogens with zero attached hydrogens (tertiary/aromatic N) is 3. The van der Waals surface area contributed by atoms with Crippen LogP contribution in [-0.2, 0) is 6.54 Å². The van der Waals surface area contributed by atoms with E-state index in [-0.39, 0.29) is 5.91 Å². The molecule has 0 bridgehead atoms. The Bertz CT molecular complexity index is 848. The fourth-order valence-electron chi connectivity index (χ4n) is 2.43. The first-order valence-corrected chi connectivity index (χ1v) is 7.36. The number of rotatable bonds is 4. The summed E-state index contributed by atoms with van der Waals surface area (Å²) in [5.74, 6) is 0.851. The van der Waals surface area contributed by atoms with E-state index in [9.17, 15) is 4.79 Å². The molecule has 1 amide bonds. The zero-order valence-electron chi connectivity index (χ0n) is 13.3. The van der Waals surface area contributed by atoms with Crippen LogP contribution in [0.15, 0.2) is 40.9 Å². The monoisotopic (exact) mass is 310 g/mol. The van der Waals surface area contributed by atoms with Gasteiger partial charge in [0, 0.05) is 17.3 Å². The van der Waals surface area contributed by atoms with Crippen molar-refractivity contribution in [2.24, 2.45) is 0 Å². The van der Waals surface area contributed by atoms with E-state index in [1.54, 1.807) is 19.1 Å². The molecule has 0 radical (unpaired) electrons. The summed E-state index contributed by atoms with van der Waals surface area (Å²) in [5.41, 5.74) is 3.66. The lowest BCUT2D eigenvalue weighted by Gasteiger charge is -2.07. The minimum absolute atomic E-state index is 0.214. The summed E-state index contributed by atoms with van der Waals surface area (Å²) < 4.78 is 6.87. The number of benzene rings is 1. The summed E-state index contributed by atoms with van der Waals surface area (Å²) in [7, 11) is 0. The molecule has 0 aliphatic rings. The predicted molar refractivity (Wildman–Crippen MR) is 86.4 cm³/mol. The van der Waals surface area contributed by atoms with Crippen molar-refractivity contribution in [1.82, 2.24) is 14.9 Å². The van der Waals surface area contributed by atoms with E-state index in [1.165, 1.54) is 0 Å². The average Bonchev–Trinajstić information content (AvgIpc) is 3.05. The minimum Gasteiger partial charge on any atom is -0.360 e. The van der Waals surface area contributed by atoms with Crippen LogP contribution in [0.1, 0.15) is 33.1 Å². The molecule has 2 heterocycles. The second-order valence-corrected chi connectivity index (χ2v) is 5.56. The summed E-state index contributed by atoms with van der Waals surface area (Å²) >= 11 is 0. The highest BCUT2D eigenvalue weighted by Crippen LogP contribution is 2.13. The average molecular weight is 310 g/mol. The van der Waals surface area contributed by atoms with Crippen molar-refractivity contribution in [1.29, 1.82) is 0 Å². The van der Waals surface area contributed by atoms with Gasteiger partial charge in [-0.2, -0.15) is 5.10 Å². The molecule has 1 N–H and O–H groups in total. The molecule has 0 saturated carbocycles. The Hall–Kier alpha value is -2.89. The number of hydrogen-bond donors (Lipinski definition) is 1. The van der Waals surface area contributed by atoms with Crippen LogP contribution in [-0.4, -0.2) is 20.8 Å². The lowest BCUT2D eigenvalue weighted by molar-refractivity contribution is 0.102. The molecule has 0 spiro atoms. The number of anilines is 1. The number of aromatic nitrogens is 3. The first-order valence-electron chi connectivity index (χ1n) is 7.36. The molecule has 23 heavy (non-hydrogen) atoms. The van der Waals surface area contributed by atoms with Gasteiger partial charge in [-0.15, -0.1) is 0 Å². The lowest BCUT2D eigenvalue weighted by Crippen LogP contribution is -2.13. The number of amides is 1. The van der Waals surface area contributed by atoms with Gasteiger partial charge in [0.25, 0.3) is 5.91 Å². The minimum atomic E-state index is -0.214. The molecule has 3 aromatic rings. The highest BCUT2D eigenvalue weighted by Gasteiger charge is 2.10. The standard InChI is InChI=1S/C17H18N4O2/c1-11-7-12(2)21(19-11)10-14-5-4-6-15(9-14)17(22)18-16-8-13(3)23-20-16/h4-9H,10H2,1-3H3,(H,18,20,22). The third kappa shape index (κ3) is 3.48. The largest absolute Gasteiger partial charge is 0.360 e. The quantitative estimate of drug-likeness (QED) is 0.803. The third-order valence-electron chi connectivity index (χ3n) is 3.49. The van der Waals surface area contributed by atoms with Crippen molar-refractivity contribution in [2.75, 3.05) is 5.32 Å². The molecular weight excluding hydrogens is 292 g/mol. The summed E-state index contributed by atoms with van der Waals surface area (Å²) in [4.78, 5) is 12.3. The maximum absolute atomic E-state index is 12.3. The summed E-state index contributed by atoms with van der Waals surface area (Å²) in [5, 5.41) is 10.9. The molecule has 0 unspecified atom stereocenters. The topological polar surface area (TPSA) is 73.0 Å². The van der Waals surface area contributed by atoms with Gasteiger partial charge in [-0.05, 0) is 44.5 Å². The molecule has 6 heteroatoms. The van der Waals surface area contributed by atoms with E-state index in [1.807, 2.05) is 42.8 Å². The van der Waals surface area contributed by atoms with Gasteiger partial charge in [-0.25, -0.2) is 0 Å². The molecule has 0 aliphatic carbocycles. The smallest absolute Gasteiger partial charge is 0.256 e. The molecule has 6 nitrogen and oxygen atoms in total. The lowest BCUT2D eigenvalue weighted by atomic mass is 10.1. The van der Waals surface area contributed by atoms with Gasteiger partial charge in [-0.1, -0.05) is 17.3 Å². The molecule has 0 atom stereocenters. The maximum Gasteiger partial charge on any atom is 0.256 e. The van der Waals surface area contributed by atoms with Crippen molar-refractivity contribution in [3.05, 3.63) is 64.7 Å². The molecule has 0 aliphatic heterocycles. The molecule has 1 aromatic carbocycles. The SMILES string of the molecule is Cc1cc(C)n(Cc2cccc(C(=O)Nc3cc(C)on3)c2)n1. The maximum atomic E-state index is 12.3. The Kier molecular flexibility index (Phi) is 3.97. The Morgan fingerprint density at radius 3 is 2.70 bits per heavy atom. The van der Waals surface area contributed by atoms with Crippen molar-refractivity contribution < 1.29 is 9.32 Å². The van der Waals surface area contributed by atoms with E-state index in [2.05, 4.69) is 15.6 Å². The number of hydrogen-bond acceptors (Lipinski definition) is 4. The van der Waals surface area contributed by atoms with Crippen LogP contribution in [0.25, 0.3) is 0 Å². The zero-order chi connectivity index (χ0) is 16.4. The van der Waals surface area contributed by atoms with E-state index >= 15 is 0 Å². The van der Waals surface area contributed by atoms with Crippen LogP contribution in [0.3, 0.4) is 0 Å². The Labute approximate surface area is 134 Å². The van der Waals surface area contributed by atoms with Crippen molar-refractivity contribution in [3.8, 4) is 0 Å². The zero-order valence-corrected chi connectivity index (χ0v) is 13.3. The number of aryl methyl sites for hydroxylation is 3. The predicted octanol–water partition coefficient (Wildman–Crippen LogP) is 3.10. The van der Waals surface area contributed by atoms with Crippen LogP contribution < -0.4 is 5.32 Å². The van der Waals surface area contributed by atoms with Crippen molar-refractivity contribution >= 4 is 11.7 Å². The Morgan fingerprint density at radius 2 is 2.04 bits per heavy atom. The van der Waals surface area contributed by atoms with Gasteiger partial charge in [0.15, 0.2) is 5.82 Å². The van der Waals surface area contributed by atoms with Crippen molar-refractivity contribution in [3.63, 3.8) is 0 Å². The fraction of sp³-hybridized carbons (Fsp3) is 0.235. The second kappa shape index (κ2) is 6.08. The van der Waals surface area contributed by atoms with Gasteiger partial charge in [0.2, 0.25) is 0 Å². The summed E-state index contributed by atoms with van der Waals surface area (Å²) in [6.45, 7) is 6.39. The number of carbonyl (C=O) groups is 1. The fourth-order valence-corrected chi connectivity index (χ4v) is 2.43. The Balaban J connectivity index is 1.76. The van der Waals surface area contributed by atoms with Crippen LogP contribution in [0.4, 0.5) is 5.82 Å². The van der Waals surface area contributed by atoms with E-state index in [0.717, 1.165) is 17.0 Å². The molecule has 0 fully saturated rings. The van der Waals surface area contributed by atoms with Crippen LogP contribution in [0, 0.1) is 20.8 Å².